The van der Waals surface area contributed by atoms with E-state index in [-0.39, 0.29) is 0 Å². The molecule has 0 N–H and O–H groups in total. The van der Waals surface area contributed by atoms with E-state index >= 15 is 0 Å². The number of aldehydes is 1. The summed E-state index contributed by atoms with van der Waals surface area (Å²) in [6, 6.07) is 11.9. The molecule has 0 aliphatic carbocycles. The van der Waals surface area contributed by atoms with Crippen LogP contribution in [0.25, 0.3) is 0 Å². The predicted octanol–water partition coefficient (Wildman–Crippen LogP) is 3.16. The highest BCUT2D eigenvalue weighted by molar-refractivity contribution is 7.99. The third-order valence-electron chi connectivity index (χ3n) is 3.13. The summed E-state index contributed by atoms with van der Waals surface area (Å²) in [4.78, 5) is 15.9. The summed E-state index contributed by atoms with van der Waals surface area (Å²) in [6.45, 7) is 0.645. The highest BCUT2D eigenvalue weighted by atomic mass is 32.2. The highest BCUT2D eigenvalue weighted by Gasteiger charge is 2.23. The zero-order valence-electron chi connectivity index (χ0n) is 10.3. The topological polar surface area (TPSA) is 39.2 Å². The van der Waals surface area contributed by atoms with E-state index in [0.29, 0.717) is 24.0 Å². The van der Waals surface area contributed by atoms with Gasteiger partial charge in [0.25, 0.3) is 0 Å². The first-order valence-electron chi connectivity index (χ1n) is 6.12. The van der Waals surface area contributed by atoms with Gasteiger partial charge in [-0.1, -0.05) is 18.2 Å². The summed E-state index contributed by atoms with van der Waals surface area (Å²) in [7, 11) is 0. The molecular formula is C15H13NO2S. The SMILES string of the molecule is O=Cc1ccc(OCC2CSc3ccccc32)cn1. The lowest BCUT2D eigenvalue weighted by molar-refractivity contribution is 0.111. The first-order chi connectivity index (χ1) is 9.36. The van der Waals surface area contributed by atoms with Gasteiger partial charge in [0.2, 0.25) is 0 Å². The Labute approximate surface area is 116 Å². The second-order valence-electron chi connectivity index (χ2n) is 4.39. The van der Waals surface area contributed by atoms with Crippen molar-refractivity contribution < 1.29 is 9.53 Å². The van der Waals surface area contributed by atoms with Crippen molar-refractivity contribution in [2.24, 2.45) is 0 Å². The van der Waals surface area contributed by atoms with Crippen molar-refractivity contribution in [1.82, 2.24) is 4.98 Å². The van der Waals surface area contributed by atoms with Gasteiger partial charge in [-0.25, -0.2) is 4.98 Å². The molecular weight excluding hydrogens is 258 g/mol. The van der Waals surface area contributed by atoms with Gasteiger partial charge in [0.15, 0.2) is 6.29 Å². The molecule has 2 aromatic rings. The van der Waals surface area contributed by atoms with Crippen molar-refractivity contribution in [3.05, 3.63) is 53.9 Å². The van der Waals surface area contributed by atoms with Crippen LogP contribution in [-0.4, -0.2) is 23.6 Å². The Morgan fingerprint density at radius 3 is 3.00 bits per heavy atom. The number of nitrogens with zero attached hydrogens (tertiary/aromatic N) is 1. The van der Waals surface area contributed by atoms with Gasteiger partial charge in [0, 0.05) is 16.6 Å². The quantitative estimate of drug-likeness (QED) is 0.801. The zero-order chi connectivity index (χ0) is 13.1. The van der Waals surface area contributed by atoms with E-state index in [2.05, 4.69) is 29.2 Å². The molecule has 0 radical (unpaired) electrons. The molecule has 1 aromatic carbocycles. The molecule has 1 atom stereocenters. The van der Waals surface area contributed by atoms with Crippen LogP contribution in [0.3, 0.4) is 0 Å². The van der Waals surface area contributed by atoms with Crippen molar-refractivity contribution >= 4 is 18.0 Å². The summed E-state index contributed by atoms with van der Waals surface area (Å²) in [6.07, 6.45) is 2.32. The summed E-state index contributed by atoms with van der Waals surface area (Å²) >= 11 is 1.88. The molecule has 3 nitrogen and oxygen atoms in total. The van der Waals surface area contributed by atoms with Crippen LogP contribution in [-0.2, 0) is 0 Å². The molecule has 0 fully saturated rings. The van der Waals surface area contributed by atoms with Crippen LogP contribution >= 0.6 is 11.8 Å². The van der Waals surface area contributed by atoms with Crippen LogP contribution in [0.4, 0.5) is 0 Å². The van der Waals surface area contributed by atoms with Crippen LogP contribution in [0.1, 0.15) is 22.0 Å². The minimum absolute atomic E-state index is 0.423. The first-order valence-corrected chi connectivity index (χ1v) is 7.11. The third kappa shape index (κ3) is 2.63. The van der Waals surface area contributed by atoms with Gasteiger partial charge in [-0.2, -0.15) is 0 Å². The molecule has 96 valence electrons. The molecule has 3 rings (SSSR count). The number of aromatic nitrogens is 1. The number of fused-ring (bicyclic) bond motifs is 1. The number of benzene rings is 1. The van der Waals surface area contributed by atoms with Gasteiger partial charge in [-0.05, 0) is 23.8 Å². The van der Waals surface area contributed by atoms with Gasteiger partial charge in [-0.15, -0.1) is 11.8 Å². The number of hydrogen-bond acceptors (Lipinski definition) is 4. The van der Waals surface area contributed by atoms with E-state index in [4.69, 9.17) is 4.74 Å². The maximum Gasteiger partial charge on any atom is 0.168 e. The molecule has 1 aromatic heterocycles. The molecule has 4 heteroatoms. The number of carbonyl (C=O) groups is 1. The number of rotatable bonds is 4. The Morgan fingerprint density at radius 1 is 1.32 bits per heavy atom. The molecule has 1 unspecified atom stereocenters. The Bertz CT molecular complexity index is 583. The van der Waals surface area contributed by atoms with Gasteiger partial charge < -0.3 is 4.74 Å². The van der Waals surface area contributed by atoms with Crippen molar-refractivity contribution in [2.75, 3.05) is 12.4 Å². The molecule has 0 saturated heterocycles. The van der Waals surface area contributed by atoms with Crippen LogP contribution in [0.5, 0.6) is 5.75 Å². The fourth-order valence-corrected chi connectivity index (χ4v) is 3.34. The predicted molar refractivity (Wildman–Crippen MR) is 75.0 cm³/mol. The zero-order valence-corrected chi connectivity index (χ0v) is 11.1. The molecule has 0 bridgehead atoms. The standard InChI is InChI=1S/C15H13NO2S/c17-8-12-5-6-13(7-16-12)18-9-11-10-19-15-4-2-1-3-14(11)15/h1-8,11H,9-10H2. The maximum absolute atomic E-state index is 10.5. The number of hydrogen-bond donors (Lipinski definition) is 0. The van der Waals surface area contributed by atoms with Gasteiger partial charge in [-0.3, -0.25) is 4.79 Å². The lowest BCUT2D eigenvalue weighted by Gasteiger charge is -2.12. The van der Waals surface area contributed by atoms with E-state index < -0.39 is 0 Å². The Balaban J connectivity index is 1.65. The van der Waals surface area contributed by atoms with Crippen molar-refractivity contribution in [1.29, 1.82) is 0 Å². The fourth-order valence-electron chi connectivity index (χ4n) is 2.11. The monoisotopic (exact) mass is 271 g/mol. The van der Waals surface area contributed by atoms with Gasteiger partial charge in [0.1, 0.15) is 11.4 Å². The second-order valence-corrected chi connectivity index (χ2v) is 5.46. The Kier molecular flexibility index (Phi) is 3.51. The van der Waals surface area contributed by atoms with E-state index in [1.165, 1.54) is 10.5 Å². The van der Waals surface area contributed by atoms with E-state index in [9.17, 15) is 4.79 Å². The number of carbonyl (C=O) groups excluding carboxylic acids is 1. The van der Waals surface area contributed by atoms with Crippen LogP contribution in [0, 0.1) is 0 Å². The largest absolute Gasteiger partial charge is 0.491 e. The van der Waals surface area contributed by atoms with Crippen LogP contribution in [0.2, 0.25) is 0 Å². The normalized spacial score (nSPS) is 16.9. The minimum atomic E-state index is 0.423. The van der Waals surface area contributed by atoms with Crippen LogP contribution < -0.4 is 4.74 Å². The molecule has 0 saturated carbocycles. The lowest BCUT2D eigenvalue weighted by atomic mass is 10.0. The Morgan fingerprint density at radius 2 is 2.21 bits per heavy atom. The maximum atomic E-state index is 10.5. The number of pyridine rings is 1. The summed E-state index contributed by atoms with van der Waals surface area (Å²) in [5.41, 5.74) is 1.79. The highest BCUT2D eigenvalue weighted by Crippen LogP contribution is 2.39. The summed E-state index contributed by atoms with van der Waals surface area (Å²) < 4.78 is 5.75. The van der Waals surface area contributed by atoms with Crippen molar-refractivity contribution in [3.8, 4) is 5.75 Å². The molecule has 0 spiro atoms. The van der Waals surface area contributed by atoms with E-state index in [1.807, 2.05) is 11.8 Å². The minimum Gasteiger partial charge on any atom is -0.491 e. The molecule has 1 aliphatic heterocycles. The van der Waals surface area contributed by atoms with Gasteiger partial charge >= 0.3 is 0 Å². The third-order valence-corrected chi connectivity index (χ3v) is 4.38. The molecule has 1 aliphatic rings. The van der Waals surface area contributed by atoms with Gasteiger partial charge in [0.05, 0.1) is 12.8 Å². The average Bonchev–Trinajstić information content (AvgIpc) is 2.89. The smallest absolute Gasteiger partial charge is 0.168 e. The molecule has 0 amide bonds. The van der Waals surface area contributed by atoms with Crippen molar-refractivity contribution in [2.45, 2.75) is 10.8 Å². The van der Waals surface area contributed by atoms with E-state index in [0.717, 1.165) is 12.0 Å². The Hall–Kier alpha value is -1.81. The second kappa shape index (κ2) is 5.45. The number of thioether (sulfide) groups is 1. The van der Waals surface area contributed by atoms with Crippen molar-refractivity contribution in [3.63, 3.8) is 0 Å². The number of ether oxygens (including phenoxy) is 1. The van der Waals surface area contributed by atoms with E-state index in [1.54, 1.807) is 18.3 Å². The molecule has 19 heavy (non-hydrogen) atoms. The lowest BCUT2D eigenvalue weighted by Crippen LogP contribution is -2.09. The van der Waals surface area contributed by atoms with Crippen LogP contribution in [0.15, 0.2) is 47.5 Å². The first kappa shape index (κ1) is 12.2. The summed E-state index contributed by atoms with van der Waals surface area (Å²) in [5.74, 6) is 2.19. The molecule has 2 heterocycles. The average molecular weight is 271 g/mol. The summed E-state index contributed by atoms with van der Waals surface area (Å²) in [5, 5.41) is 0. The fraction of sp³-hybridized carbons (Fsp3) is 0.200.